The van der Waals surface area contributed by atoms with Crippen molar-refractivity contribution in [1.82, 2.24) is 29.3 Å². The van der Waals surface area contributed by atoms with Crippen LogP contribution in [0.2, 0.25) is 0 Å². The molecule has 2 aromatic carbocycles. The first-order valence-electron chi connectivity index (χ1n) is 16.2. The van der Waals surface area contributed by atoms with E-state index in [1.165, 1.54) is 10.5 Å². The van der Waals surface area contributed by atoms with E-state index in [-0.39, 0.29) is 54.5 Å². The number of Topliss-reactive ketones (excluding diaryl/α,β-unsaturated/α-hetero) is 1. The van der Waals surface area contributed by atoms with Gasteiger partial charge in [0.05, 0.1) is 19.2 Å². The topological polar surface area (TPSA) is 129 Å². The highest BCUT2D eigenvalue weighted by Crippen LogP contribution is 2.36. The Bertz CT molecular complexity index is 2080. The summed E-state index contributed by atoms with van der Waals surface area (Å²) in [6.45, 7) is 9.01. The summed E-state index contributed by atoms with van der Waals surface area (Å²) in [5, 5.41) is 8.80. The molecular weight excluding hydrogens is 629 g/mol. The fraction of sp³-hybridized carbons (Fsp3) is 0.361. The van der Waals surface area contributed by atoms with E-state index in [1.807, 2.05) is 56.6 Å². The Kier molecular flexibility index (Phi) is 9.56. The maximum atomic E-state index is 13.9. The normalized spacial score (nSPS) is 16.6. The molecule has 2 atom stereocenters. The van der Waals surface area contributed by atoms with Gasteiger partial charge in [-0.3, -0.25) is 9.78 Å². The van der Waals surface area contributed by atoms with Crippen LogP contribution in [0.15, 0.2) is 72.0 Å². The van der Waals surface area contributed by atoms with Crippen molar-refractivity contribution in [2.75, 3.05) is 13.7 Å². The number of benzene rings is 2. The van der Waals surface area contributed by atoms with Crippen molar-refractivity contribution in [2.45, 2.75) is 77.0 Å². The lowest BCUT2D eigenvalue weighted by Crippen LogP contribution is -2.36. The van der Waals surface area contributed by atoms with E-state index < -0.39 is 10.0 Å². The standard InChI is InChI=1S/C36H40N6O5S/c1-6-29-22-41(48(44,45)34-9-8-15-38-36(34)47-29)21-27-17-25(11-10-23(27)3)31(19-28(43)18-26-20-37-16-14-33(26)46-5)30-12-13-32-35(24(30)4)39-40-42(32)7-2/h8-17,20,29,31H,6-7,18-19,21-22H2,1-5H3/t29-,31+/m1/s1. The van der Waals surface area contributed by atoms with Crippen molar-refractivity contribution in [3.05, 3.63) is 101 Å². The molecule has 1 aliphatic heterocycles. The highest BCUT2D eigenvalue weighted by atomic mass is 32.2. The summed E-state index contributed by atoms with van der Waals surface area (Å²) >= 11 is 0. The van der Waals surface area contributed by atoms with Crippen LogP contribution in [-0.4, -0.2) is 63.2 Å². The number of ketones is 1. The number of methoxy groups -OCH3 is 1. The van der Waals surface area contributed by atoms with Crippen LogP contribution in [0.1, 0.15) is 66.0 Å². The summed E-state index contributed by atoms with van der Waals surface area (Å²) in [6.07, 6.45) is 5.49. The predicted molar refractivity (Wildman–Crippen MR) is 182 cm³/mol. The Morgan fingerprint density at radius 2 is 1.92 bits per heavy atom. The first-order chi connectivity index (χ1) is 23.1. The van der Waals surface area contributed by atoms with Gasteiger partial charge in [-0.15, -0.1) is 5.10 Å². The molecule has 0 radical (unpaired) electrons. The lowest BCUT2D eigenvalue weighted by molar-refractivity contribution is -0.118. The van der Waals surface area contributed by atoms with Gasteiger partial charge >= 0.3 is 0 Å². The second-order valence-electron chi connectivity index (χ2n) is 12.2. The molecule has 250 valence electrons. The van der Waals surface area contributed by atoms with Gasteiger partial charge in [0.25, 0.3) is 0 Å². The van der Waals surface area contributed by atoms with Gasteiger partial charge in [-0.05, 0) is 79.3 Å². The average molecular weight is 669 g/mol. The van der Waals surface area contributed by atoms with E-state index in [9.17, 15) is 13.2 Å². The summed E-state index contributed by atoms with van der Waals surface area (Å²) < 4.78 is 42.7. The van der Waals surface area contributed by atoms with Crippen molar-refractivity contribution in [2.24, 2.45) is 0 Å². The first-order valence-corrected chi connectivity index (χ1v) is 17.6. The van der Waals surface area contributed by atoms with Crippen molar-refractivity contribution in [1.29, 1.82) is 0 Å². The molecule has 0 amide bonds. The molecule has 0 bridgehead atoms. The zero-order valence-electron chi connectivity index (χ0n) is 27.9. The van der Waals surface area contributed by atoms with E-state index in [0.29, 0.717) is 18.7 Å². The fourth-order valence-electron chi connectivity index (χ4n) is 6.41. The molecule has 1 aliphatic rings. The third-order valence-electron chi connectivity index (χ3n) is 9.17. The van der Waals surface area contributed by atoms with Crippen LogP contribution in [0.5, 0.6) is 11.6 Å². The number of carbonyl (C=O) groups is 1. The molecule has 0 saturated carbocycles. The van der Waals surface area contributed by atoms with Crippen LogP contribution in [0.25, 0.3) is 11.0 Å². The van der Waals surface area contributed by atoms with Crippen molar-refractivity contribution in [3.63, 3.8) is 0 Å². The summed E-state index contributed by atoms with van der Waals surface area (Å²) in [7, 11) is -2.32. The van der Waals surface area contributed by atoms with Gasteiger partial charge in [-0.2, -0.15) is 4.31 Å². The van der Waals surface area contributed by atoms with Gasteiger partial charge < -0.3 is 9.47 Å². The van der Waals surface area contributed by atoms with E-state index >= 15 is 0 Å². The maximum Gasteiger partial charge on any atom is 0.248 e. The molecule has 5 aromatic rings. The van der Waals surface area contributed by atoms with Crippen LogP contribution in [0.3, 0.4) is 0 Å². The largest absolute Gasteiger partial charge is 0.496 e. The van der Waals surface area contributed by atoms with Crippen molar-refractivity contribution in [3.8, 4) is 11.6 Å². The number of ether oxygens (including phenoxy) is 2. The average Bonchev–Trinajstić information content (AvgIpc) is 3.48. The minimum atomic E-state index is -3.90. The lowest BCUT2D eigenvalue weighted by atomic mass is 9.82. The van der Waals surface area contributed by atoms with Crippen LogP contribution in [0.4, 0.5) is 0 Å². The van der Waals surface area contributed by atoms with Gasteiger partial charge in [0.2, 0.25) is 15.9 Å². The Hall–Kier alpha value is -4.68. The smallest absolute Gasteiger partial charge is 0.248 e. The number of fused-ring (bicyclic) bond motifs is 2. The predicted octanol–water partition coefficient (Wildman–Crippen LogP) is 5.56. The molecule has 0 unspecified atom stereocenters. The highest BCUT2D eigenvalue weighted by Gasteiger charge is 2.35. The maximum absolute atomic E-state index is 13.9. The van der Waals surface area contributed by atoms with Crippen molar-refractivity contribution < 1.29 is 22.7 Å². The summed E-state index contributed by atoms with van der Waals surface area (Å²) in [5.41, 5.74) is 7.07. The molecule has 3 aromatic heterocycles. The molecule has 0 saturated heterocycles. The summed E-state index contributed by atoms with van der Waals surface area (Å²) in [4.78, 5) is 22.3. The van der Waals surface area contributed by atoms with Gasteiger partial charge in [0.1, 0.15) is 28.0 Å². The number of aromatic nitrogens is 5. The van der Waals surface area contributed by atoms with Crippen molar-refractivity contribution >= 4 is 26.8 Å². The second-order valence-corrected chi connectivity index (χ2v) is 14.1. The number of nitrogens with zero attached hydrogens (tertiary/aromatic N) is 6. The molecule has 0 aliphatic carbocycles. The quantitative estimate of drug-likeness (QED) is 0.178. The van der Waals surface area contributed by atoms with Crippen LogP contribution in [-0.2, 0) is 34.3 Å². The molecule has 6 rings (SSSR count). The Morgan fingerprint density at radius 3 is 2.69 bits per heavy atom. The number of pyridine rings is 2. The Balaban J connectivity index is 1.40. The minimum absolute atomic E-state index is 0.0206. The summed E-state index contributed by atoms with van der Waals surface area (Å²) in [6, 6.07) is 15.0. The third kappa shape index (κ3) is 6.42. The van der Waals surface area contributed by atoms with E-state index in [0.717, 1.165) is 44.4 Å². The zero-order valence-corrected chi connectivity index (χ0v) is 28.7. The molecule has 0 N–H and O–H groups in total. The van der Waals surface area contributed by atoms with Gasteiger partial charge in [-0.25, -0.2) is 18.1 Å². The monoisotopic (exact) mass is 668 g/mol. The molecule has 12 heteroatoms. The molecule has 0 spiro atoms. The lowest BCUT2D eigenvalue weighted by Gasteiger charge is -2.25. The van der Waals surface area contributed by atoms with Gasteiger partial charge in [0.15, 0.2) is 0 Å². The number of sulfonamides is 1. The number of hydrogen-bond donors (Lipinski definition) is 0. The van der Waals surface area contributed by atoms with Crippen LogP contribution >= 0.6 is 0 Å². The molecule has 11 nitrogen and oxygen atoms in total. The fourth-order valence-corrected chi connectivity index (χ4v) is 7.93. The third-order valence-corrected chi connectivity index (χ3v) is 11.0. The SMILES string of the molecule is CC[C@@H]1CN(Cc2cc([C@H](CC(=O)Cc3cnccc3OC)c3ccc4c(nnn4CC)c3C)ccc2C)S(=O)(=O)c2cccnc2O1. The molecular formula is C36H40N6O5S. The highest BCUT2D eigenvalue weighted by molar-refractivity contribution is 7.89. The second kappa shape index (κ2) is 13.8. The summed E-state index contributed by atoms with van der Waals surface area (Å²) in [5.74, 6) is 0.443. The van der Waals surface area contributed by atoms with Crippen LogP contribution in [0, 0.1) is 13.8 Å². The Morgan fingerprint density at radius 1 is 1.08 bits per heavy atom. The first kappa shape index (κ1) is 33.2. The van der Waals surface area contributed by atoms with Crippen LogP contribution < -0.4 is 9.47 Å². The molecule has 0 fully saturated rings. The minimum Gasteiger partial charge on any atom is -0.496 e. The number of aryl methyl sites for hydroxylation is 3. The number of hydrogen-bond acceptors (Lipinski definition) is 9. The number of rotatable bonds is 11. The van der Waals surface area contributed by atoms with E-state index in [1.54, 1.807) is 37.7 Å². The Labute approximate surface area is 281 Å². The zero-order chi connectivity index (χ0) is 34.0. The van der Waals surface area contributed by atoms with Gasteiger partial charge in [0, 0.05) is 56.0 Å². The molecule has 4 heterocycles. The van der Waals surface area contributed by atoms with Gasteiger partial charge in [-0.1, -0.05) is 36.4 Å². The van der Waals surface area contributed by atoms with E-state index in [2.05, 4.69) is 26.3 Å². The number of carbonyl (C=O) groups excluding carboxylic acids is 1. The van der Waals surface area contributed by atoms with E-state index in [4.69, 9.17) is 9.47 Å². The molecule has 48 heavy (non-hydrogen) atoms.